The molecule has 5 heteroatoms. The number of hydrogen-bond donors (Lipinski definition) is 0. The summed E-state index contributed by atoms with van der Waals surface area (Å²) in [4.78, 5) is 28.6. The average molecular weight is 329 g/mol. The summed E-state index contributed by atoms with van der Waals surface area (Å²) in [6.07, 6.45) is 2.58. The summed E-state index contributed by atoms with van der Waals surface area (Å²) in [7, 11) is 0. The zero-order valence-electron chi connectivity index (χ0n) is 13.3. The Morgan fingerprint density at radius 2 is 2.09 bits per heavy atom. The first kappa shape index (κ1) is 15.9. The van der Waals surface area contributed by atoms with Crippen LogP contribution in [0.2, 0.25) is 0 Å². The highest BCUT2D eigenvalue weighted by Gasteiger charge is 2.22. The molecule has 3 rings (SSSR count). The van der Waals surface area contributed by atoms with Crippen LogP contribution < -0.4 is 0 Å². The van der Waals surface area contributed by atoms with E-state index in [-0.39, 0.29) is 12.2 Å². The van der Waals surface area contributed by atoms with E-state index in [0.29, 0.717) is 11.3 Å². The lowest BCUT2D eigenvalue weighted by Gasteiger charge is -2.12. The molecule has 23 heavy (non-hydrogen) atoms. The normalized spacial score (nSPS) is 14.3. The minimum atomic E-state index is -0.776. The number of nitrogens with zero attached hydrogens (tertiary/aromatic N) is 1. The number of aromatic nitrogens is 1. The maximum Gasteiger partial charge on any atom is 0.312 e. The molecule has 1 atom stereocenters. The van der Waals surface area contributed by atoms with Crippen LogP contribution in [0.5, 0.6) is 0 Å². The Hall–Kier alpha value is -2.01. The lowest BCUT2D eigenvalue weighted by Crippen LogP contribution is -2.25. The Bertz CT molecular complexity index is 750. The molecular weight excluding hydrogens is 310 g/mol. The predicted octanol–water partition coefficient (Wildman–Crippen LogP) is 3.30. The smallest absolute Gasteiger partial charge is 0.312 e. The van der Waals surface area contributed by atoms with Gasteiger partial charge in [0.15, 0.2) is 6.10 Å². The number of fused-ring (bicyclic) bond motifs is 1. The van der Waals surface area contributed by atoms with Crippen molar-refractivity contribution in [2.75, 3.05) is 0 Å². The third kappa shape index (κ3) is 3.67. The van der Waals surface area contributed by atoms with Crippen molar-refractivity contribution in [3.8, 4) is 0 Å². The number of ketones is 1. The molecule has 120 valence electrons. The molecule has 0 spiro atoms. The highest BCUT2D eigenvalue weighted by molar-refractivity contribution is 7.09. The van der Waals surface area contributed by atoms with Crippen LogP contribution in [0.15, 0.2) is 23.6 Å². The minimum absolute atomic E-state index is 0.103. The summed E-state index contributed by atoms with van der Waals surface area (Å²) >= 11 is 1.49. The first-order chi connectivity index (χ1) is 11.0. The zero-order valence-corrected chi connectivity index (χ0v) is 14.1. The van der Waals surface area contributed by atoms with Crippen LogP contribution in [0.3, 0.4) is 0 Å². The Labute approximate surface area is 139 Å². The van der Waals surface area contributed by atoms with Crippen LogP contribution in [0, 0.1) is 6.92 Å². The number of thiazole rings is 1. The molecule has 1 heterocycles. The number of rotatable bonds is 5. The standard InChI is InChI=1S/C18H19NO3S/c1-11(22-17(20)9-16-10-23-12(2)19-16)18(21)15-7-6-13-4-3-5-14(13)8-15/h6-8,10-11H,3-5,9H2,1-2H3/t11-/m1/s1. The Morgan fingerprint density at radius 1 is 1.30 bits per heavy atom. The Balaban J connectivity index is 1.62. The van der Waals surface area contributed by atoms with Gasteiger partial charge in [0.2, 0.25) is 5.78 Å². The number of carbonyl (C=O) groups is 2. The number of carbonyl (C=O) groups excluding carboxylic acids is 2. The van der Waals surface area contributed by atoms with E-state index in [1.54, 1.807) is 6.92 Å². The maximum absolute atomic E-state index is 12.4. The lowest BCUT2D eigenvalue weighted by atomic mass is 10.0. The highest BCUT2D eigenvalue weighted by atomic mass is 32.1. The number of benzene rings is 1. The minimum Gasteiger partial charge on any atom is -0.454 e. The molecule has 0 amide bonds. The van der Waals surface area contributed by atoms with Gasteiger partial charge in [0.25, 0.3) is 0 Å². The van der Waals surface area contributed by atoms with Crippen LogP contribution in [0.1, 0.15) is 45.5 Å². The molecule has 1 aromatic heterocycles. The predicted molar refractivity (Wildman–Crippen MR) is 88.9 cm³/mol. The van der Waals surface area contributed by atoms with Crippen LogP contribution >= 0.6 is 11.3 Å². The number of ether oxygens (including phenoxy) is 1. The topological polar surface area (TPSA) is 56.3 Å². The van der Waals surface area contributed by atoms with E-state index >= 15 is 0 Å². The van der Waals surface area contributed by atoms with Crippen molar-refractivity contribution in [2.45, 2.75) is 45.6 Å². The van der Waals surface area contributed by atoms with Gasteiger partial charge in [0.05, 0.1) is 17.1 Å². The molecule has 4 nitrogen and oxygen atoms in total. The van der Waals surface area contributed by atoms with Gasteiger partial charge in [-0.3, -0.25) is 9.59 Å². The summed E-state index contributed by atoms with van der Waals surface area (Å²) in [6, 6.07) is 5.79. The van der Waals surface area contributed by atoms with Crippen molar-refractivity contribution in [1.82, 2.24) is 4.98 Å². The van der Waals surface area contributed by atoms with Gasteiger partial charge in [-0.25, -0.2) is 4.98 Å². The average Bonchev–Trinajstić information content (AvgIpc) is 3.14. The molecule has 0 unspecified atom stereocenters. The third-order valence-electron chi connectivity index (χ3n) is 4.05. The van der Waals surface area contributed by atoms with Gasteiger partial charge < -0.3 is 4.74 Å². The van der Waals surface area contributed by atoms with Gasteiger partial charge in [-0.05, 0) is 50.3 Å². The molecule has 0 fully saturated rings. The van der Waals surface area contributed by atoms with Crippen molar-refractivity contribution in [3.63, 3.8) is 0 Å². The Kier molecular flexibility index (Phi) is 4.57. The molecule has 1 aliphatic carbocycles. The second kappa shape index (κ2) is 6.62. The third-order valence-corrected chi connectivity index (χ3v) is 4.87. The quantitative estimate of drug-likeness (QED) is 0.624. The van der Waals surface area contributed by atoms with Crippen LogP contribution in [-0.4, -0.2) is 22.8 Å². The molecule has 0 aliphatic heterocycles. The van der Waals surface area contributed by atoms with Gasteiger partial charge in [-0.2, -0.15) is 0 Å². The van der Waals surface area contributed by atoms with Gasteiger partial charge in [-0.15, -0.1) is 11.3 Å². The van der Waals surface area contributed by atoms with Crippen LogP contribution in [-0.2, 0) is 28.8 Å². The monoisotopic (exact) mass is 329 g/mol. The zero-order chi connectivity index (χ0) is 16.4. The number of hydrogen-bond acceptors (Lipinski definition) is 5. The van der Waals surface area contributed by atoms with E-state index in [2.05, 4.69) is 4.98 Å². The van der Waals surface area contributed by atoms with Gasteiger partial charge in [0.1, 0.15) is 0 Å². The van der Waals surface area contributed by atoms with E-state index in [4.69, 9.17) is 4.74 Å². The molecule has 0 N–H and O–H groups in total. The lowest BCUT2D eigenvalue weighted by molar-refractivity contribution is -0.145. The molecule has 1 aliphatic rings. The molecule has 1 aromatic carbocycles. The molecule has 0 saturated heterocycles. The Morgan fingerprint density at radius 3 is 2.83 bits per heavy atom. The SMILES string of the molecule is Cc1nc(CC(=O)O[C@H](C)C(=O)c2ccc3c(c2)CCC3)cs1. The number of Topliss-reactive ketones (excluding diaryl/α,β-unsaturated/α-hetero) is 1. The molecule has 0 saturated carbocycles. The highest BCUT2D eigenvalue weighted by Crippen LogP contribution is 2.23. The molecular formula is C18H19NO3S. The van der Waals surface area contributed by atoms with Crippen molar-refractivity contribution in [1.29, 1.82) is 0 Å². The van der Waals surface area contributed by atoms with Gasteiger partial charge in [0, 0.05) is 10.9 Å². The van der Waals surface area contributed by atoms with Crippen LogP contribution in [0.4, 0.5) is 0 Å². The maximum atomic E-state index is 12.4. The summed E-state index contributed by atoms with van der Waals surface area (Å²) < 4.78 is 5.28. The van der Waals surface area contributed by atoms with Crippen molar-refractivity contribution in [2.24, 2.45) is 0 Å². The van der Waals surface area contributed by atoms with Crippen molar-refractivity contribution < 1.29 is 14.3 Å². The fourth-order valence-electron chi connectivity index (χ4n) is 2.89. The van der Waals surface area contributed by atoms with Crippen molar-refractivity contribution in [3.05, 3.63) is 51.0 Å². The fraction of sp³-hybridized carbons (Fsp3) is 0.389. The van der Waals surface area contributed by atoms with E-state index in [0.717, 1.165) is 24.3 Å². The van der Waals surface area contributed by atoms with E-state index in [9.17, 15) is 9.59 Å². The largest absolute Gasteiger partial charge is 0.454 e. The summed E-state index contributed by atoms with van der Waals surface area (Å²) in [5.74, 6) is -0.570. The van der Waals surface area contributed by atoms with Gasteiger partial charge in [-0.1, -0.05) is 12.1 Å². The number of aryl methyl sites for hydroxylation is 3. The summed E-state index contributed by atoms with van der Waals surface area (Å²) in [6.45, 7) is 3.51. The first-order valence-corrected chi connectivity index (χ1v) is 8.67. The molecule has 0 bridgehead atoms. The van der Waals surface area contributed by atoms with Crippen LogP contribution in [0.25, 0.3) is 0 Å². The second-order valence-corrected chi connectivity index (χ2v) is 6.93. The number of esters is 1. The van der Waals surface area contributed by atoms with Gasteiger partial charge >= 0.3 is 5.97 Å². The van der Waals surface area contributed by atoms with Crippen molar-refractivity contribution >= 4 is 23.1 Å². The summed E-state index contributed by atoms with van der Waals surface area (Å²) in [5.41, 5.74) is 3.88. The van der Waals surface area contributed by atoms with E-state index in [1.807, 2.05) is 30.5 Å². The first-order valence-electron chi connectivity index (χ1n) is 7.79. The van der Waals surface area contributed by atoms with E-state index < -0.39 is 12.1 Å². The summed E-state index contributed by atoms with van der Waals surface area (Å²) in [5, 5.41) is 2.75. The second-order valence-electron chi connectivity index (χ2n) is 5.87. The fourth-order valence-corrected chi connectivity index (χ4v) is 3.50. The van der Waals surface area contributed by atoms with E-state index in [1.165, 1.54) is 22.5 Å². The molecule has 0 radical (unpaired) electrons. The molecule has 2 aromatic rings.